The summed E-state index contributed by atoms with van der Waals surface area (Å²) < 4.78 is 23.0. The van der Waals surface area contributed by atoms with Crippen LogP contribution in [-0.2, 0) is 38.6 Å². The van der Waals surface area contributed by atoms with E-state index in [2.05, 4.69) is 0 Å². The molecule has 37 heavy (non-hydrogen) atoms. The minimum Gasteiger partial charge on any atom is -0.493 e. The second-order valence-electron chi connectivity index (χ2n) is 9.12. The van der Waals surface area contributed by atoms with Crippen LogP contribution in [0.4, 0.5) is 0 Å². The summed E-state index contributed by atoms with van der Waals surface area (Å²) in [4.78, 5) is 27.7. The maximum absolute atomic E-state index is 13.9. The maximum Gasteiger partial charge on any atom is 0.326 e. The van der Waals surface area contributed by atoms with Crippen LogP contribution in [0.1, 0.15) is 28.4 Å². The smallest absolute Gasteiger partial charge is 0.326 e. The third-order valence-corrected chi connectivity index (χ3v) is 6.71. The van der Waals surface area contributed by atoms with Gasteiger partial charge in [-0.25, -0.2) is 4.79 Å². The van der Waals surface area contributed by atoms with Crippen LogP contribution >= 0.6 is 0 Å². The molecule has 0 aliphatic carbocycles. The molecule has 2 aliphatic rings. The van der Waals surface area contributed by atoms with Crippen molar-refractivity contribution >= 4 is 11.9 Å². The van der Waals surface area contributed by atoms with Gasteiger partial charge in [-0.15, -0.1) is 0 Å². The van der Waals surface area contributed by atoms with Crippen LogP contribution in [0.15, 0.2) is 72.8 Å². The highest BCUT2D eigenvalue weighted by Crippen LogP contribution is 2.40. The Balaban J connectivity index is 1.46. The number of amides is 1. The number of hydrogen-bond acceptors (Lipinski definition) is 6. The number of rotatable bonds is 9. The molecule has 2 atom stereocenters. The molecule has 0 aromatic heterocycles. The lowest BCUT2D eigenvalue weighted by molar-refractivity contribution is -0.180. The number of nitrogens with zero attached hydrogens (tertiary/aromatic N) is 1. The number of hydrogen-bond donors (Lipinski definition) is 1. The van der Waals surface area contributed by atoms with E-state index < -0.39 is 24.0 Å². The average molecular weight is 504 g/mol. The van der Waals surface area contributed by atoms with Crippen molar-refractivity contribution in [2.75, 3.05) is 20.3 Å². The zero-order chi connectivity index (χ0) is 25.8. The number of benzene rings is 3. The molecule has 0 radical (unpaired) electrons. The van der Waals surface area contributed by atoms with Gasteiger partial charge in [0.05, 0.1) is 20.3 Å². The van der Waals surface area contributed by atoms with Gasteiger partial charge in [0.2, 0.25) is 0 Å². The van der Waals surface area contributed by atoms with Gasteiger partial charge >= 0.3 is 5.97 Å². The fourth-order valence-corrected chi connectivity index (χ4v) is 4.66. The number of carboxylic acid groups (broad SMARTS) is 1. The molecule has 1 saturated heterocycles. The monoisotopic (exact) mass is 503 g/mol. The molecule has 1 amide bonds. The van der Waals surface area contributed by atoms with Gasteiger partial charge in [-0.2, -0.15) is 0 Å². The van der Waals surface area contributed by atoms with Crippen molar-refractivity contribution < 1.29 is 33.6 Å². The summed E-state index contributed by atoms with van der Waals surface area (Å²) >= 11 is 0. The topological polar surface area (TPSA) is 94.5 Å². The Hall–Kier alpha value is -3.88. The van der Waals surface area contributed by atoms with E-state index in [1.165, 1.54) is 4.90 Å². The molecule has 0 spiro atoms. The van der Waals surface area contributed by atoms with Crippen molar-refractivity contribution in [3.8, 4) is 11.5 Å². The van der Waals surface area contributed by atoms with Crippen molar-refractivity contribution in [2.45, 2.75) is 37.8 Å². The molecule has 1 N–H and O–H groups in total. The highest BCUT2D eigenvalue weighted by molar-refractivity contribution is 5.88. The van der Waals surface area contributed by atoms with Crippen LogP contribution in [0.5, 0.6) is 11.5 Å². The Kier molecular flexibility index (Phi) is 7.39. The molecule has 3 aromatic rings. The van der Waals surface area contributed by atoms with Gasteiger partial charge in [-0.1, -0.05) is 66.7 Å². The van der Waals surface area contributed by atoms with Gasteiger partial charge in [0.25, 0.3) is 5.91 Å². The molecule has 192 valence electrons. The lowest BCUT2D eigenvalue weighted by atomic mass is 9.91. The predicted octanol–water partition coefficient (Wildman–Crippen LogP) is 3.77. The molecular formula is C29H29NO7. The molecule has 5 rings (SSSR count). The summed E-state index contributed by atoms with van der Waals surface area (Å²) in [6.45, 7) is 1.24. The largest absolute Gasteiger partial charge is 0.493 e. The minimum absolute atomic E-state index is 0.0891. The Morgan fingerprint density at radius 2 is 1.73 bits per heavy atom. The second-order valence-corrected chi connectivity index (χ2v) is 9.12. The Morgan fingerprint density at radius 3 is 2.35 bits per heavy atom. The molecule has 8 heteroatoms. The zero-order valence-electron chi connectivity index (χ0n) is 20.5. The molecule has 0 saturated carbocycles. The summed E-state index contributed by atoms with van der Waals surface area (Å²) in [5, 5.41) is 10.2. The fourth-order valence-electron chi connectivity index (χ4n) is 4.66. The van der Waals surface area contributed by atoms with Crippen LogP contribution in [0.3, 0.4) is 0 Å². The van der Waals surface area contributed by atoms with E-state index in [0.717, 1.165) is 16.7 Å². The van der Waals surface area contributed by atoms with Crippen LogP contribution in [-0.4, -0.2) is 54.4 Å². The molecule has 0 bridgehead atoms. The number of aliphatic carboxylic acids is 1. The molecule has 2 aliphatic heterocycles. The number of methoxy groups -OCH3 is 1. The van der Waals surface area contributed by atoms with E-state index in [4.69, 9.17) is 18.9 Å². The molecule has 1 unspecified atom stereocenters. The highest BCUT2D eigenvalue weighted by atomic mass is 16.6. The van der Waals surface area contributed by atoms with Crippen molar-refractivity contribution in [3.05, 3.63) is 95.1 Å². The lowest BCUT2D eigenvalue weighted by Gasteiger charge is -2.38. The number of carbonyl (C=O) groups is 2. The van der Waals surface area contributed by atoms with Gasteiger partial charge in [0, 0.05) is 18.5 Å². The normalized spacial score (nSPS) is 17.9. The van der Waals surface area contributed by atoms with Crippen molar-refractivity contribution in [1.29, 1.82) is 0 Å². The van der Waals surface area contributed by atoms with Gasteiger partial charge in [-0.3, -0.25) is 4.79 Å². The Labute approximate surface area is 215 Å². The van der Waals surface area contributed by atoms with E-state index in [-0.39, 0.29) is 19.1 Å². The summed E-state index contributed by atoms with van der Waals surface area (Å²) in [7, 11) is 1.55. The number of carbonyl (C=O) groups excluding carboxylic acids is 1. The summed E-state index contributed by atoms with van der Waals surface area (Å²) in [6, 6.07) is 21.4. The standard InChI is InChI=1S/C29H29NO7/c1-34-25-13-12-21-15-30(28(31)26(37-22-17-35-18-22)20-10-6-3-7-11-20)24(29(32)33)14-23(21)27(25)36-16-19-8-4-2-5-9-19/h2-13,22,24,26H,14-18H2,1H3,(H,32,33)/t24?,26-/m0/s1. The maximum atomic E-state index is 13.9. The van der Waals surface area contributed by atoms with Gasteiger partial charge < -0.3 is 29.0 Å². The molecular weight excluding hydrogens is 474 g/mol. The first-order chi connectivity index (χ1) is 18.0. The van der Waals surface area contributed by atoms with Gasteiger partial charge in [0.15, 0.2) is 17.6 Å². The first kappa shape index (κ1) is 24.8. The highest BCUT2D eigenvalue weighted by Gasteiger charge is 2.41. The van der Waals surface area contributed by atoms with Crippen molar-refractivity contribution in [3.63, 3.8) is 0 Å². The minimum atomic E-state index is -1.09. The third kappa shape index (κ3) is 5.30. The van der Waals surface area contributed by atoms with Crippen LogP contribution in [0, 0.1) is 0 Å². The van der Waals surface area contributed by atoms with E-state index in [9.17, 15) is 14.7 Å². The number of carboxylic acids is 1. The zero-order valence-corrected chi connectivity index (χ0v) is 20.5. The van der Waals surface area contributed by atoms with Crippen molar-refractivity contribution in [1.82, 2.24) is 4.90 Å². The lowest BCUT2D eigenvalue weighted by Crippen LogP contribution is -2.51. The number of ether oxygens (including phenoxy) is 4. The molecule has 3 aromatic carbocycles. The predicted molar refractivity (Wildman–Crippen MR) is 134 cm³/mol. The van der Waals surface area contributed by atoms with Gasteiger partial charge in [0.1, 0.15) is 18.8 Å². The van der Waals surface area contributed by atoms with E-state index in [1.54, 1.807) is 13.2 Å². The third-order valence-electron chi connectivity index (χ3n) is 6.71. The second kappa shape index (κ2) is 11.0. The average Bonchev–Trinajstić information content (AvgIpc) is 2.91. The Bertz CT molecular complexity index is 1240. The van der Waals surface area contributed by atoms with E-state index >= 15 is 0 Å². The summed E-state index contributed by atoms with van der Waals surface area (Å²) in [5.74, 6) is -0.452. The van der Waals surface area contributed by atoms with E-state index in [1.807, 2.05) is 66.7 Å². The van der Waals surface area contributed by atoms with E-state index in [0.29, 0.717) is 36.9 Å². The number of fused-ring (bicyclic) bond motifs is 1. The summed E-state index contributed by atoms with van der Waals surface area (Å²) in [5.41, 5.74) is 3.20. The molecule has 2 heterocycles. The fraction of sp³-hybridized carbons (Fsp3) is 0.310. The van der Waals surface area contributed by atoms with Crippen LogP contribution in [0.25, 0.3) is 0 Å². The quantitative estimate of drug-likeness (QED) is 0.475. The van der Waals surface area contributed by atoms with Crippen molar-refractivity contribution in [2.24, 2.45) is 0 Å². The SMILES string of the molecule is COc1ccc2c(c1OCc1ccccc1)CC(C(=O)O)N(C(=O)[C@@H](OC1COC1)c1ccccc1)C2. The Morgan fingerprint density at radius 1 is 1.03 bits per heavy atom. The first-order valence-electron chi connectivity index (χ1n) is 12.2. The first-order valence-corrected chi connectivity index (χ1v) is 12.2. The van der Waals surface area contributed by atoms with Crippen LogP contribution < -0.4 is 9.47 Å². The van der Waals surface area contributed by atoms with Gasteiger partial charge in [-0.05, 0) is 22.8 Å². The van der Waals surface area contributed by atoms with Crippen LogP contribution in [0.2, 0.25) is 0 Å². The molecule has 1 fully saturated rings. The molecule has 8 nitrogen and oxygen atoms in total. The summed E-state index contributed by atoms with van der Waals surface area (Å²) in [6.07, 6.45) is -1.05.